The van der Waals surface area contributed by atoms with Crippen LogP contribution in [0.5, 0.6) is 0 Å². The molecule has 2 aromatic carbocycles. The molecule has 0 saturated heterocycles. The molecule has 0 spiro atoms. The molecule has 0 atom stereocenters. The molecule has 0 aliphatic rings. The second kappa shape index (κ2) is 6.96. The van der Waals surface area contributed by atoms with Gasteiger partial charge in [-0.3, -0.25) is 4.79 Å². The second-order valence-electron chi connectivity index (χ2n) is 6.51. The SMILES string of the molecule is Cc1oc(-c2ccccc2)nc1CC(=O)Nc1nc2c(C)ccc(C)c2s1. The number of anilines is 1. The summed E-state index contributed by atoms with van der Waals surface area (Å²) in [5.41, 5.74) is 4.74. The lowest BCUT2D eigenvalue weighted by Crippen LogP contribution is -2.15. The first kappa shape index (κ1) is 17.4. The molecule has 0 saturated carbocycles. The van der Waals surface area contributed by atoms with Crippen LogP contribution in [0.1, 0.15) is 22.6 Å². The predicted molar refractivity (Wildman–Crippen MR) is 108 cm³/mol. The van der Waals surface area contributed by atoms with Gasteiger partial charge in [0.15, 0.2) is 5.13 Å². The molecule has 0 aliphatic heterocycles. The fourth-order valence-electron chi connectivity index (χ4n) is 2.92. The number of nitrogens with zero attached hydrogens (tertiary/aromatic N) is 2. The minimum atomic E-state index is -0.152. The summed E-state index contributed by atoms with van der Waals surface area (Å²) in [6.07, 6.45) is 0.149. The molecule has 0 aliphatic carbocycles. The van der Waals surface area contributed by atoms with Crippen molar-refractivity contribution >= 4 is 32.6 Å². The monoisotopic (exact) mass is 377 g/mol. The Kier molecular flexibility index (Phi) is 4.49. The maximum atomic E-state index is 12.5. The first-order valence-corrected chi connectivity index (χ1v) is 9.51. The summed E-state index contributed by atoms with van der Waals surface area (Å²) in [6, 6.07) is 13.8. The molecule has 0 fully saturated rings. The minimum absolute atomic E-state index is 0.149. The number of carbonyl (C=O) groups is 1. The summed E-state index contributed by atoms with van der Waals surface area (Å²) < 4.78 is 6.83. The van der Waals surface area contributed by atoms with Crippen molar-refractivity contribution < 1.29 is 9.21 Å². The van der Waals surface area contributed by atoms with E-state index >= 15 is 0 Å². The first-order chi connectivity index (χ1) is 13.0. The van der Waals surface area contributed by atoms with E-state index < -0.39 is 0 Å². The molecule has 4 rings (SSSR count). The highest BCUT2D eigenvalue weighted by Gasteiger charge is 2.16. The number of rotatable bonds is 4. The molecular weight excluding hydrogens is 358 g/mol. The number of oxazole rings is 1. The van der Waals surface area contributed by atoms with Gasteiger partial charge in [0.05, 0.1) is 22.3 Å². The van der Waals surface area contributed by atoms with Crippen LogP contribution in [0, 0.1) is 20.8 Å². The summed E-state index contributed by atoms with van der Waals surface area (Å²) >= 11 is 1.50. The highest BCUT2D eigenvalue weighted by atomic mass is 32.1. The Balaban J connectivity index is 1.53. The zero-order valence-corrected chi connectivity index (χ0v) is 16.2. The number of aromatic nitrogens is 2. The molecule has 1 N–H and O–H groups in total. The molecule has 2 heterocycles. The van der Waals surface area contributed by atoms with Gasteiger partial charge >= 0.3 is 0 Å². The predicted octanol–water partition coefficient (Wildman–Crippen LogP) is 5.06. The van der Waals surface area contributed by atoms with Crippen molar-refractivity contribution in [1.29, 1.82) is 0 Å². The van der Waals surface area contributed by atoms with Crippen LogP contribution in [0.2, 0.25) is 0 Å². The van der Waals surface area contributed by atoms with Gasteiger partial charge in [0.1, 0.15) is 5.76 Å². The number of hydrogen-bond acceptors (Lipinski definition) is 5. The number of carbonyl (C=O) groups excluding carboxylic acids is 1. The Bertz CT molecular complexity index is 1090. The van der Waals surface area contributed by atoms with E-state index in [9.17, 15) is 4.79 Å². The highest BCUT2D eigenvalue weighted by Crippen LogP contribution is 2.31. The molecule has 0 bridgehead atoms. The molecular formula is C21H19N3O2S. The van der Waals surface area contributed by atoms with Crippen molar-refractivity contribution in [2.45, 2.75) is 27.2 Å². The first-order valence-electron chi connectivity index (χ1n) is 8.69. The van der Waals surface area contributed by atoms with E-state index in [-0.39, 0.29) is 12.3 Å². The van der Waals surface area contributed by atoms with Gasteiger partial charge in [-0.25, -0.2) is 9.97 Å². The smallest absolute Gasteiger partial charge is 0.232 e. The van der Waals surface area contributed by atoms with Gasteiger partial charge in [-0.15, -0.1) is 0 Å². The fraction of sp³-hybridized carbons (Fsp3) is 0.190. The Hall–Kier alpha value is -2.99. The number of aryl methyl sites for hydroxylation is 3. The number of fused-ring (bicyclic) bond motifs is 1. The van der Waals surface area contributed by atoms with E-state index in [0.717, 1.165) is 26.9 Å². The van der Waals surface area contributed by atoms with Gasteiger partial charge < -0.3 is 9.73 Å². The van der Waals surface area contributed by atoms with Gasteiger partial charge in [0.25, 0.3) is 0 Å². The van der Waals surface area contributed by atoms with Crippen LogP contribution in [0.25, 0.3) is 21.7 Å². The fourth-order valence-corrected chi connectivity index (χ4v) is 3.95. The Morgan fingerprint density at radius 2 is 1.78 bits per heavy atom. The van der Waals surface area contributed by atoms with Gasteiger partial charge in [0.2, 0.25) is 11.8 Å². The van der Waals surface area contributed by atoms with Gasteiger partial charge in [-0.05, 0) is 44.0 Å². The van der Waals surface area contributed by atoms with Crippen LogP contribution in [0.15, 0.2) is 46.9 Å². The van der Waals surface area contributed by atoms with Crippen molar-refractivity contribution in [1.82, 2.24) is 9.97 Å². The van der Waals surface area contributed by atoms with Crippen LogP contribution < -0.4 is 5.32 Å². The number of benzene rings is 2. The summed E-state index contributed by atoms with van der Waals surface area (Å²) in [4.78, 5) is 21.6. The van der Waals surface area contributed by atoms with Crippen LogP contribution in [-0.2, 0) is 11.2 Å². The van der Waals surface area contributed by atoms with Crippen molar-refractivity contribution in [2.75, 3.05) is 5.32 Å². The second-order valence-corrected chi connectivity index (χ2v) is 7.51. The topological polar surface area (TPSA) is 68.0 Å². The molecule has 1 amide bonds. The molecule has 0 radical (unpaired) electrons. The van der Waals surface area contributed by atoms with Crippen molar-refractivity contribution in [3.05, 3.63) is 65.0 Å². The van der Waals surface area contributed by atoms with Crippen LogP contribution >= 0.6 is 11.3 Å². The Morgan fingerprint density at radius 1 is 1.04 bits per heavy atom. The molecule has 5 nitrogen and oxygen atoms in total. The Labute approximate surface area is 161 Å². The summed E-state index contributed by atoms with van der Waals surface area (Å²) in [6.45, 7) is 5.90. The van der Waals surface area contributed by atoms with E-state index in [1.165, 1.54) is 11.3 Å². The average molecular weight is 377 g/mol. The zero-order chi connectivity index (χ0) is 19.0. The lowest BCUT2D eigenvalue weighted by atomic mass is 10.1. The summed E-state index contributed by atoms with van der Waals surface area (Å²) in [5.74, 6) is 1.03. The maximum Gasteiger partial charge on any atom is 0.232 e. The molecule has 0 unspecified atom stereocenters. The highest BCUT2D eigenvalue weighted by molar-refractivity contribution is 7.22. The molecule has 27 heavy (non-hydrogen) atoms. The minimum Gasteiger partial charge on any atom is -0.441 e. The van der Waals surface area contributed by atoms with Crippen molar-refractivity contribution in [3.63, 3.8) is 0 Å². The van der Waals surface area contributed by atoms with Crippen LogP contribution in [0.4, 0.5) is 5.13 Å². The zero-order valence-electron chi connectivity index (χ0n) is 15.4. The van der Waals surface area contributed by atoms with Gasteiger partial charge in [-0.2, -0.15) is 0 Å². The van der Waals surface area contributed by atoms with E-state index in [0.29, 0.717) is 22.5 Å². The number of hydrogen-bond donors (Lipinski definition) is 1. The van der Waals surface area contributed by atoms with Crippen molar-refractivity contribution in [3.8, 4) is 11.5 Å². The maximum absolute atomic E-state index is 12.5. The third kappa shape index (κ3) is 3.48. The standard InChI is InChI=1S/C21H19N3O2S/c1-12-9-10-13(2)19-18(12)24-21(27-19)23-17(25)11-16-14(3)26-20(22-16)15-7-5-4-6-8-15/h4-10H,11H2,1-3H3,(H,23,24,25). The number of amides is 1. The average Bonchev–Trinajstić information content (AvgIpc) is 3.24. The lowest BCUT2D eigenvalue weighted by Gasteiger charge is -1.99. The van der Waals surface area contributed by atoms with Gasteiger partial charge in [0, 0.05) is 5.56 Å². The third-order valence-corrected chi connectivity index (χ3v) is 5.54. The number of thiazole rings is 1. The lowest BCUT2D eigenvalue weighted by molar-refractivity contribution is -0.115. The molecule has 6 heteroatoms. The van der Waals surface area contributed by atoms with E-state index in [1.807, 2.05) is 50.2 Å². The van der Waals surface area contributed by atoms with Crippen LogP contribution in [0.3, 0.4) is 0 Å². The molecule has 136 valence electrons. The van der Waals surface area contributed by atoms with E-state index in [2.05, 4.69) is 28.3 Å². The van der Waals surface area contributed by atoms with Crippen molar-refractivity contribution in [2.24, 2.45) is 0 Å². The third-order valence-electron chi connectivity index (χ3n) is 4.43. The summed E-state index contributed by atoms with van der Waals surface area (Å²) in [5, 5.41) is 3.51. The normalized spacial score (nSPS) is 11.1. The Morgan fingerprint density at radius 3 is 2.52 bits per heavy atom. The summed E-state index contributed by atoms with van der Waals surface area (Å²) in [7, 11) is 0. The molecule has 4 aromatic rings. The van der Waals surface area contributed by atoms with E-state index in [4.69, 9.17) is 4.42 Å². The van der Waals surface area contributed by atoms with Crippen LogP contribution in [-0.4, -0.2) is 15.9 Å². The van der Waals surface area contributed by atoms with Gasteiger partial charge in [-0.1, -0.05) is 41.7 Å². The van der Waals surface area contributed by atoms with E-state index in [1.54, 1.807) is 0 Å². The molecule has 2 aromatic heterocycles. The largest absolute Gasteiger partial charge is 0.441 e. The quantitative estimate of drug-likeness (QED) is 0.540. The number of nitrogens with one attached hydrogen (secondary N) is 1.